The van der Waals surface area contributed by atoms with Gasteiger partial charge in [-0.05, 0) is 37.8 Å². The van der Waals surface area contributed by atoms with Crippen LogP contribution in [0.1, 0.15) is 44.0 Å². The second-order valence-corrected chi connectivity index (χ2v) is 5.37. The zero-order valence-electron chi connectivity index (χ0n) is 11.9. The lowest BCUT2D eigenvalue weighted by molar-refractivity contribution is 0.0717. The van der Waals surface area contributed by atoms with Crippen molar-refractivity contribution in [1.82, 2.24) is 9.88 Å². The molecule has 0 radical (unpaired) electrons. The van der Waals surface area contributed by atoms with Crippen LogP contribution in [0.25, 0.3) is 0 Å². The number of pyridine rings is 1. The zero-order chi connectivity index (χ0) is 13.8. The molecule has 1 aliphatic rings. The third-order valence-corrected chi connectivity index (χ3v) is 3.09. The van der Waals surface area contributed by atoms with E-state index >= 15 is 0 Å². The van der Waals surface area contributed by atoms with Gasteiger partial charge in [-0.1, -0.05) is 13.8 Å². The van der Waals surface area contributed by atoms with Crippen molar-refractivity contribution >= 4 is 5.91 Å². The van der Waals surface area contributed by atoms with Crippen LogP contribution >= 0.6 is 0 Å². The SMILES string of the molecule is CCOc1ncccc1C(=O)N(CC(C)C)C1CC1. The third-order valence-electron chi connectivity index (χ3n) is 3.09. The normalized spacial score (nSPS) is 14.5. The molecule has 0 aromatic carbocycles. The van der Waals surface area contributed by atoms with E-state index in [0.29, 0.717) is 30.0 Å². The first-order valence-corrected chi connectivity index (χ1v) is 7.02. The molecular formula is C15H22N2O2. The van der Waals surface area contributed by atoms with Crippen LogP contribution in [0.15, 0.2) is 18.3 Å². The molecule has 1 heterocycles. The number of aromatic nitrogens is 1. The molecule has 1 aromatic rings. The molecule has 1 amide bonds. The number of carbonyl (C=O) groups is 1. The van der Waals surface area contributed by atoms with Crippen molar-refractivity contribution in [1.29, 1.82) is 0 Å². The molecule has 1 fully saturated rings. The van der Waals surface area contributed by atoms with Crippen LogP contribution in [-0.2, 0) is 0 Å². The van der Waals surface area contributed by atoms with Gasteiger partial charge in [0.1, 0.15) is 5.56 Å². The van der Waals surface area contributed by atoms with Gasteiger partial charge in [0.15, 0.2) is 0 Å². The summed E-state index contributed by atoms with van der Waals surface area (Å²) in [6.07, 6.45) is 3.89. The minimum absolute atomic E-state index is 0.0488. The maximum Gasteiger partial charge on any atom is 0.259 e. The van der Waals surface area contributed by atoms with Gasteiger partial charge in [0.2, 0.25) is 5.88 Å². The van der Waals surface area contributed by atoms with E-state index < -0.39 is 0 Å². The van der Waals surface area contributed by atoms with Gasteiger partial charge < -0.3 is 9.64 Å². The molecule has 104 valence electrons. The fourth-order valence-electron chi connectivity index (χ4n) is 2.14. The van der Waals surface area contributed by atoms with Gasteiger partial charge in [-0.2, -0.15) is 0 Å². The van der Waals surface area contributed by atoms with Crippen LogP contribution in [0.5, 0.6) is 5.88 Å². The van der Waals surface area contributed by atoms with Crippen molar-refractivity contribution in [2.75, 3.05) is 13.2 Å². The van der Waals surface area contributed by atoms with Gasteiger partial charge in [-0.25, -0.2) is 4.98 Å². The molecular weight excluding hydrogens is 240 g/mol. The number of hydrogen-bond donors (Lipinski definition) is 0. The van der Waals surface area contributed by atoms with Crippen LogP contribution in [-0.4, -0.2) is 35.0 Å². The second kappa shape index (κ2) is 6.04. The molecule has 1 aromatic heterocycles. The van der Waals surface area contributed by atoms with Gasteiger partial charge >= 0.3 is 0 Å². The van der Waals surface area contributed by atoms with E-state index in [1.54, 1.807) is 18.3 Å². The van der Waals surface area contributed by atoms with Crippen molar-refractivity contribution in [3.05, 3.63) is 23.9 Å². The quantitative estimate of drug-likeness (QED) is 0.791. The summed E-state index contributed by atoms with van der Waals surface area (Å²) in [5, 5.41) is 0. The van der Waals surface area contributed by atoms with Crippen molar-refractivity contribution in [3.63, 3.8) is 0 Å². The van der Waals surface area contributed by atoms with Crippen LogP contribution < -0.4 is 4.74 Å². The van der Waals surface area contributed by atoms with E-state index in [0.717, 1.165) is 19.4 Å². The van der Waals surface area contributed by atoms with Gasteiger partial charge in [-0.15, -0.1) is 0 Å². The Balaban J connectivity index is 2.21. The lowest BCUT2D eigenvalue weighted by Gasteiger charge is -2.25. The summed E-state index contributed by atoms with van der Waals surface area (Å²) in [5.41, 5.74) is 0.580. The topological polar surface area (TPSA) is 42.4 Å². The number of ether oxygens (including phenoxy) is 1. The van der Waals surface area contributed by atoms with Crippen molar-refractivity contribution in [2.24, 2.45) is 5.92 Å². The highest BCUT2D eigenvalue weighted by Crippen LogP contribution is 2.30. The van der Waals surface area contributed by atoms with Gasteiger partial charge in [0.25, 0.3) is 5.91 Å². The van der Waals surface area contributed by atoms with Crippen LogP contribution in [0.2, 0.25) is 0 Å². The van der Waals surface area contributed by atoms with Gasteiger partial charge in [-0.3, -0.25) is 4.79 Å². The molecule has 0 atom stereocenters. The molecule has 1 aliphatic carbocycles. The van der Waals surface area contributed by atoms with Crippen LogP contribution in [0.3, 0.4) is 0 Å². The molecule has 4 nitrogen and oxygen atoms in total. The van der Waals surface area contributed by atoms with Gasteiger partial charge in [0, 0.05) is 18.8 Å². The molecule has 0 unspecified atom stereocenters. The van der Waals surface area contributed by atoms with Gasteiger partial charge in [0.05, 0.1) is 6.61 Å². The summed E-state index contributed by atoms with van der Waals surface area (Å²) >= 11 is 0. The van der Waals surface area contributed by atoms with Crippen LogP contribution in [0.4, 0.5) is 0 Å². The van der Waals surface area contributed by atoms with E-state index in [1.807, 2.05) is 11.8 Å². The van der Waals surface area contributed by atoms with Crippen molar-refractivity contribution in [3.8, 4) is 5.88 Å². The fraction of sp³-hybridized carbons (Fsp3) is 0.600. The highest BCUT2D eigenvalue weighted by atomic mass is 16.5. The highest BCUT2D eigenvalue weighted by Gasteiger charge is 2.34. The van der Waals surface area contributed by atoms with E-state index in [1.165, 1.54) is 0 Å². The molecule has 0 aliphatic heterocycles. The lowest BCUT2D eigenvalue weighted by Crippen LogP contribution is -2.36. The molecule has 1 saturated carbocycles. The summed E-state index contributed by atoms with van der Waals surface area (Å²) in [6, 6.07) is 4.00. The molecule has 2 rings (SSSR count). The Morgan fingerprint density at radius 2 is 2.26 bits per heavy atom. The molecule has 4 heteroatoms. The maximum atomic E-state index is 12.7. The average molecular weight is 262 g/mol. The Kier molecular flexibility index (Phi) is 4.40. The predicted octanol–water partition coefficient (Wildman–Crippen LogP) is 2.74. The molecule has 0 saturated heterocycles. The smallest absolute Gasteiger partial charge is 0.259 e. The summed E-state index contributed by atoms with van der Waals surface area (Å²) in [5.74, 6) is 0.967. The summed E-state index contributed by atoms with van der Waals surface area (Å²) < 4.78 is 5.45. The first-order chi connectivity index (χ1) is 9.13. The fourth-order valence-corrected chi connectivity index (χ4v) is 2.14. The number of amides is 1. The summed E-state index contributed by atoms with van der Waals surface area (Å²) in [6.45, 7) is 7.48. The Labute approximate surface area is 114 Å². The Bertz CT molecular complexity index is 442. The Hall–Kier alpha value is -1.58. The Morgan fingerprint density at radius 3 is 2.84 bits per heavy atom. The molecule has 0 N–H and O–H groups in total. The minimum atomic E-state index is 0.0488. The number of nitrogens with zero attached hydrogens (tertiary/aromatic N) is 2. The van der Waals surface area contributed by atoms with E-state index in [9.17, 15) is 4.79 Å². The van der Waals surface area contributed by atoms with E-state index in [-0.39, 0.29) is 5.91 Å². The Morgan fingerprint density at radius 1 is 1.53 bits per heavy atom. The first-order valence-electron chi connectivity index (χ1n) is 7.02. The number of carbonyl (C=O) groups excluding carboxylic acids is 1. The summed E-state index contributed by atoms with van der Waals surface area (Å²) in [7, 11) is 0. The van der Waals surface area contributed by atoms with Crippen LogP contribution in [0, 0.1) is 5.92 Å². The minimum Gasteiger partial charge on any atom is -0.477 e. The van der Waals surface area contributed by atoms with Crippen molar-refractivity contribution in [2.45, 2.75) is 39.7 Å². The average Bonchev–Trinajstić information content (AvgIpc) is 3.20. The number of rotatable bonds is 6. The third kappa shape index (κ3) is 3.46. The highest BCUT2D eigenvalue weighted by molar-refractivity contribution is 5.96. The predicted molar refractivity (Wildman–Crippen MR) is 74.3 cm³/mol. The first kappa shape index (κ1) is 13.8. The monoisotopic (exact) mass is 262 g/mol. The van der Waals surface area contributed by atoms with E-state index in [2.05, 4.69) is 18.8 Å². The molecule has 0 bridgehead atoms. The van der Waals surface area contributed by atoms with Crippen molar-refractivity contribution < 1.29 is 9.53 Å². The largest absolute Gasteiger partial charge is 0.477 e. The number of hydrogen-bond acceptors (Lipinski definition) is 3. The van der Waals surface area contributed by atoms with E-state index in [4.69, 9.17) is 4.74 Å². The second-order valence-electron chi connectivity index (χ2n) is 5.37. The zero-order valence-corrected chi connectivity index (χ0v) is 11.9. The standard InChI is InChI=1S/C15H22N2O2/c1-4-19-14-13(6-5-9-16-14)15(18)17(10-11(2)3)12-7-8-12/h5-6,9,11-12H,4,7-8,10H2,1-3H3. The molecule has 19 heavy (non-hydrogen) atoms. The summed E-state index contributed by atoms with van der Waals surface area (Å²) in [4.78, 5) is 18.8. The molecule has 0 spiro atoms. The maximum absolute atomic E-state index is 12.7. The lowest BCUT2D eigenvalue weighted by atomic mass is 10.1.